The van der Waals surface area contributed by atoms with Crippen molar-refractivity contribution in [2.24, 2.45) is 0 Å². The van der Waals surface area contributed by atoms with E-state index in [-0.39, 0.29) is 16.4 Å². The molecule has 0 aliphatic carbocycles. The molecule has 106 valence electrons. The molecule has 2 rings (SSSR count). The predicted octanol–water partition coefficient (Wildman–Crippen LogP) is 3.36. The average Bonchev–Trinajstić information content (AvgIpc) is 2.38. The minimum absolute atomic E-state index is 0.0357. The van der Waals surface area contributed by atoms with Gasteiger partial charge in [-0.05, 0) is 36.4 Å². The van der Waals surface area contributed by atoms with Crippen molar-refractivity contribution in [2.75, 3.05) is 7.11 Å². The topological polar surface area (TPSA) is 52.6 Å². The van der Waals surface area contributed by atoms with E-state index in [0.29, 0.717) is 4.47 Å². The van der Waals surface area contributed by atoms with Gasteiger partial charge < -0.3 is 8.92 Å². The van der Waals surface area contributed by atoms with E-state index in [9.17, 15) is 12.8 Å². The van der Waals surface area contributed by atoms with Crippen LogP contribution in [-0.4, -0.2) is 15.5 Å². The highest BCUT2D eigenvalue weighted by Crippen LogP contribution is 2.25. The molecule has 7 heteroatoms. The van der Waals surface area contributed by atoms with Crippen molar-refractivity contribution < 1.29 is 21.7 Å². The highest BCUT2D eigenvalue weighted by Gasteiger charge is 2.19. The summed E-state index contributed by atoms with van der Waals surface area (Å²) in [6, 6.07) is 9.64. The van der Waals surface area contributed by atoms with Gasteiger partial charge in [-0.25, -0.2) is 4.39 Å². The van der Waals surface area contributed by atoms with Crippen molar-refractivity contribution in [3.8, 4) is 11.5 Å². The molecule has 0 bridgehead atoms. The highest BCUT2D eigenvalue weighted by atomic mass is 79.9. The van der Waals surface area contributed by atoms with Crippen LogP contribution in [0.25, 0.3) is 0 Å². The molecular weight excluding hydrogens is 351 g/mol. The molecule has 0 unspecified atom stereocenters. The number of ether oxygens (including phenoxy) is 1. The molecule has 0 aromatic heterocycles. The average molecular weight is 361 g/mol. The fourth-order valence-corrected chi connectivity index (χ4v) is 2.81. The molecule has 0 saturated heterocycles. The SMILES string of the molecule is COc1ccc(S(=O)(=O)Oc2cccc(Br)c2)cc1F. The fraction of sp³-hybridized carbons (Fsp3) is 0.0769. The number of hydrogen-bond acceptors (Lipinski definition) is 4. The van der Waals surface area contributed by atoms with Crippen molar-refractivity contribution in [3.63, 3.8) is 0 Å². The lowest BCUT2D eigenvalue weighted by Crippen LogP contribution is -2.10. The number of hydrogen-bond donors (Lipinski definition) is 0. The van der Waals surface area contributed by atoms with Gasteiger partial charge >= 0.3 is 10.1 Å². The summed E-state index contributed by atoms with van der Waals surface area (Å²) < 4.78 is 47.9. The molecule has 0 heterocycles. The Morgan fingerprint density at radius 1 is 1.15 bits per heavy atom. The van der Waals surface area contributed by atoms with E-state index >= 15 is 0 Å². The van der Waals surface area contributed by atoms with Crippen LogP contribution in [0.1, 0.15) is 0 Å². The molecule has 0 radical (unpaired) electrons. The third kappa shape index (κ3) is 3.29. The quantitative estimate of drug-likeness (QED) is 0.784. The Kier molecular flexibility index (Phi) is 4.29. The van der Waals surface area contributed by atoms with Crippen molar-refractivity contribution in [2.45, 2.75) is 4.90 Å². The Bertz CT molecular complexity index is 731. The van der Waals surface area contributed by atoms with E-state index in [1.165, 1.54) is 31.4 Å². The molecule has 0 aliphatic rings. The van der Waals surface area contributed by atoms with Crippen LogP contribution in [0.5, 0.6) is 11.5 Å². The second-order valence-corrected chi connectivity index (χ2v) is 6.25. The highest BCUT2D eigenvalue weighted by molar-refractivity contribution is 9.10. The first kappa shape index (κ1) is 14.8. The van der Waals surface area contributed by atoms with Crippen LogP contribution in [0.4, 0.5) is 4.39 Å². The van der Waals surface area contributed by atoms with E-state index in [0.717, 1.165) is 6.07 Å². The Morgan fingerprint density at radius 3 is 2.50 bits per heavy atom. The molecule has 0 fully saturated rings. The lowest BCUT2D eigenvalue weighted by molar-refractivity contribution is 0.385. The molecule has 0 N–H and O–H groups in total. The molecule has 0 amide bonds. The first-order valence-electron chi connectivity index (χ1n) is 5.46. The Hall–Kier alpha value is -1.60. The normalized spacial score (nSPS) is 11.2. The van der Waals surface area contributed by atoms with Crippen LogP contribution in [0.3, 0.4) is 0 Å². The van der Waals surface area contributed by atoms with Crippen LogP contribution >= 0.6 is 15.9 Å². The van der Waals surface area contributed by atoms with Crippen LogP contribution < -0.4 is 8.92 Å². The zero-order valence-corrected chi connectivity index (χ0v) is 12.7. The van der Waals surface area contributed by atoms with E-state index in [2.05, 4.69) is 15.9 Å². The number of rotatable bonds is 4. The fourth-order valence-electron chi connectivity index (χ4n) is 1.50. The maximum Gasteiger partial charge on any atom is 0.339 e. The smallest absolute Gasteiger partial charge is 0.339 e. The van der Waals surface area contributed by atoms with Gasteiger partial charge in [0.1, 0.15) is 10.6 Å². The second-order valence-electron chi connectivity index (χ2n) is 3.79. The van der Waals surface area contributed by atoms with Gasteiger partial charge in [0.2, 0.25) is 0 Å². The van der Waals surface area contributed by atoms with Crippen molar-refractivity contribution in [3.05, 3.63) is 52.8 Å². The Balaban J connectivity index is 2.33. The number of methoxy groups -OCH3 is 1. The summed E-state index contributed by atoms with van der Waals surface area (Å²) in [6.45, 7) is 0. The lowest BCUT2D eigenvalue weighted by Gasteiger charge is -2.08. The van der Waals surface area contributed by atoms with Crippen LogP contribution in [-0.2, 0) is 10.1 Å². The third-order valence-electron chi connectivity index (χ3n) is 2.41. The maximum absolute atomic E-state index is 13.5. The minimum atomic E-state index is -4.09. The summed E-state index contributed by atoms with van der Waals surface area (Å²) in [5, 5.41) is 0. The van der Waals surface area contributed by atoms with Gasteiger partial charge in [0.05, 0.1) is 7.11 Å². The first-order valence-corrected chi connectivity index (χ1v) is 7.66. The minimum Gasteiger partial charge on any atom is -0.494 e. The predicted molar refractivity (Wildman–Crippen MR) is 74.9 cm³/mol. The van der Waals surface area contributed by atoms with Crippen LogP contribution in [0, 0.1) is 5.82 Å². The molecule has 0 atom stereocenters. The molecule has 4 nitrogen and oxygen atoms in total. The molecule has 2 aromatic rings. The van der Waals surface area contributed by atoms with E-state index in [1.54, 1.807) is 12.1 Å². The standard InChI is InChI=1S/C13H10BrFO4S/c1-18-13-6-5-11(8-12(13)15)20(16,17)19-10-4-2-3-9(14)7-10/h2-8H,1H3. The van der Waals surface area contributed by atoms with Crippen LogP contribution in [0.2, 0.25) is 0 Å². The Labute approximate surface area is 124 Å². The van der Waals surface area contributed by atoms with Gasteiger partial charge in [0, 0.05) is 4.47 Å². The summed E-state index contributed by atoms with van der Waals surface area (Å²) in [4.78, 5) is -0.282. The van der Waals surface area contributed by atoms with Crippen molar-refractivity contribution in [1.29, 1.82) is 0 Å². The lowest BCUT2D eigenvalue weighted by atomic mass is 10.3. The van der Waals surface area contributed by atoms with Gasteiger partial charge in [-0.1, -0.05) is 22.0 Å². The molecule has 0 aliphatic heterocycles. The molecule has 0 saturated carbocycles. The number of benzene rings is 2. The first-order chi connectivity index (χ1) is 9.42. The third-order valence-corrected chi connectivity index (χ3v) is 4.15. The molecular formula is C13H10BrFO4S. The second kappa shape index (κ2) is 5.80. The number of halogens is 2. The molecule has 2 aromatic carbocycles. The summed E-state index contributed by atoms with van der Waals surface area (Å²) in [5.74, 6) is -0.673. The van der Waals surface area contributed by atoms with Gasteiger partial charge in [0.25, 0.3) is 0 Å². The van der Waals surface area contributed by atoms with Gasteiger partial charge in [0.15, 0.2) is 11.6 Å². The van der Waals surface area contributed by atoms with Gasteiger partial charge in [-0.3, -0.25) is 0 Å². The van der Waals surface area contributed by atoms with Gasteiger partial charge in [-0.2, -0.15) is 8.42 Å². The summed E-state index contributed by atoms with van der Waals surface area (Å²) >= 11 is 3.21. The van der Waals surface area contributed by atoms with Crippen LogP contribution in [0.15, 0.2) is 51.8 Å². The van der Waals surface area contributed by atoms with Gasteiger partial charge in [-0.15, -0.1) is 0 Å². The monoisotopic (exact) mass is 360 g/mol. The Morgan fingerprint density at radius 2 is 1.90 bits per heavy atom. The zero-order chi connectivity index (χ0) is 14.8. The summed E-state index contributed by atoms with van der Waals surface area (Å²) in [5.41, 5.74) is 0. The summed E-state index contributed by atoms with van der Waals surface area (Å²) in [7, 11) is -2.80. The van der Waals surface area contributed by atoms with E-state index in [4.69, 9.17) is 8.92 Å². The van der Waals surface area contributed by atoms with E-state index in [1.807, 2.05) is 0 Å². The van der Waals surface area contributed by atoms with Crippen molar-refractivity contribution in [1.82, 2.24) is 0 Å². The largest absolute Gasteiger partial charge is 0.494 e. The molecule has 20 heavy (non-hydrogen) atoms. The summed E-state index contributed by atoms with van der Waals surface area (Å²) in [6.07, 6.45) is 0. The van der Waals surface area contributed by atoms with E-state index < -0.39 is 15.9 Å². The maximum atomic E-state index is 13.5. The molecule has 0 spiro atoms. The van der Waals surface area contributed by atoms with Crippen molar-refractivity contribution >= 4 is 26.0 Å². The zero-order valence-electron chi connectivity index (χ0n) is 10.3.